The maximum Gasteiger partial charge on any atom is 0.330 e. The molecule has 1 aromatic rings. The molecule has 0 saturated carbocycles. The number of carbonyl (C=O) groups is 1. The highest BCUT2D eigenvalue weighted by atomic mass is 19.2. The van der Waals surface area contributed by atoms with Crippen molar-refractivity contribution in [2.24, 2.45) is 10.5 Å². The summed E-state index contributed by atoms with van der Waals surface area (Å²) in [7, 11) is 2.88. The minimum absolute atomic E-state index is 0.0133. The average Bonchev–Trinajstić information content (AvgIpc) is 2.38. The van der Waals surface area contributed by atoms with Crippen LogP contribution in [0.1, 0.15) is 26.3 Å². The van der Waals surface area contributed by atoms with Crippen LogP contribution in [0.25, 0.3) is 0 Å². The lowest BCUT2D eigenvalue weighted by atomic mass is 9.86. The van der Waals surface area contributed by atoms with Crippen molar-refractivity contribution in [1.82, 2.24) is 5.01 Å². The number of halogens is 2. The molecule has 6 heteroatoms. The van der Waals surface area contributed by atoms with E-state index < -0.39 is 29.1 Å². The number of hydrogen-bond donors (Lipinski definition) is 0. The van der Waals surface area contributed by atoms with Crippen molar-refractivity contribution in [1.29, 1.82) is 0 Å². The summed E-state index contributed by atoms with van der Waals surface area (Å²) < 4.78 is 31.4. The molecule has 0 bridgehead atoms. The highest BCUT2D eigenvalue weighted by Gasteiger charge is 2.35. The minimum atomic E-state index is -0.972. The van der Waals surface area contributed by atoms with Gasteiger partial charge in [0.05, 0.1) is 13.3 Å². The van der Waals surface area contributed by atoms with Gasteiger partial charge in [0.2, 0.25) is 0 Å². The van der Waals surface area contributed by atoms with Gasteiger partial charge in [0, 0.05) is 12.6 Å². The molecule has 0 heterocycles. The monoisotopic (exact) mass is 298 g/mol. The number of benzene rings is 1. The van der Waals surface area contributed by atoms with E-state index in [-0.39, 0.29) is 5.56 Å². The zero-order chi connectivity index (χ0) is 16.2. The molecule has 1 atom stereocenters. The van der Waals surface area contributed by atoms with E-state index in [0.717, 1.165) is 6.07 Å². The van der Waals surface area contributed by atoms with E-state index in [1.54, 1.807) is 7.05 Å². The smallest absolute Gasteiger partial charge is 0.330 e. The number of nitrogens with zero attached hydrogens (tertiary/aromatic N) is 2. The van der Waals surface area contributed by atoms with Gasteiger partial charge in [0.15, 0.2) is 11.6 Å². The second kappa shape index (κ2) is 6.65. The van der Waals surface area contributed by atoms with Crippen molar-refractivity contribution in [3.05, 3.63) is 35.4 Å². The minimum Gasteiger partial charge on any atom is -0.467 e. The van der Waals surface area contributed by atoms with Crippen molar-refractivity contribution in [2.75, 3.05) is 14.2 Å². The van der Waals surface area contributed by atoms with Crippen LogP contribution >= 0.6 is 0 Å². The number of likely N-dealkylation sites (N-methyl/N-ethyl adjacent to an activating group) is 1. The molecule has 1 unspecified atom stereocenters. The lowest BCUT2D eigenvalue weighted by Gasteiger charge is -2.33. The normalized spacial score (nSPS) is 13.3. The van der Waals surface area contributed by atoms with Gasteiger partial charge in [-0.25, -0.2) is 13.6 Å². The van der Waals surface area contributed by atoms with Crippen LogP contribution in [0.5, 0.6) is 0 Å². The summed E-state index contributed by atoms with van der Waals surface area (Å²) in [4.78, 5) is 11.9. The van der Waals surface area contributed by atoms with Crippen LogP contribution in [0.2, 0.25) is 0 Å². The standard InChI is InChI=1S/C15H20F2N2O2/c1-15(2,3)13(14(20)21-5)19(4)18-9-10-7-6-8-11(16)12(10)17/h6-9,13H,1-5H3. The van der Waals surface area contributed by atoms with Crippen molar-refractivity contribution in [2.45, 2.75) is 26.8 Å². The Balaban J connectivity index is 3.01. The number of methoxy groups -OCH3 is 1. The molecule has 0 aliphatic carbocycles. The highest BCUT2D eigenvalue weighted by molar-refractivity contribution is 5.80. The molecule has 0 radical (unpaired) electrons. The molecule has 0 fully saturated rings. The highest BCUT2D eigenvalue weighted by Crippen LogP contribution is 2.25. The van der Waals surface area contributed by atoms with Gasteiger partial charge in [0.1, 0.15) is 6.04 Å². The van der Waals surface area contributed by atoms with Gasteiger partial charge >= 0.3 is 5.97 Å². The Kier molecular flexibility index (Phi) is 5.41. The first-order valence-electron chi connectivity index (χ1n) is 6.47. The first kappa shape index (κ1) is 17.1. The molecule has 0 N–H and O–H groups in total. The van der Waals surface area contributed by atoms with Crippen LogP contribution in [0.3, 0.4) is 0 Å². The lowest BCUT2D eigenvalue weighted by Crippen LogP contribution is -2.45. The Morgan fingerprint density at radius 2 is 2.00 bits per heavy atom. The van der Waals surface area contributed by atoms with Crippen LogP contribution in [0.4, 0.5) is 8.78 Å². The van der Waals surface area contributed by atoms with Gasteiger partial charge < -0.3 is 4.74 Å². The Labute approximate surface area is 123 Å². The Morgan fingerprint density at radius 1 is 1.38 bits per heavy atom. The third-order valence-electron chi connectivity index (χ3n) is 2.98. The number of ether oxygens (including phenoxy) is 1. The van der Waals surface area contributed by atoms with Gasteiger partial charge in [-0.05, 0) is 11.5 Å². The molecule has 0 aliphatic heterocycles. The molecular formula is C15H20F2N2O2. The average molecular weight is 298 g/mol. The summed E-state index contributed by atoms with van der Waals surface area (Å²) in [6.45, 7) is 5.59. The fraction of sp³-hybridized carbons (Fsp3) is 0.467. The fourth-order valence-corrected chi connectivity index (χ4v) is 2.02. The van der Waals surface area contributed by atoms with Gasteiger partial charge in [-0.1, -0.05) is 32.9 Å². The Bertz CT molecular complexity index is 539. The van der Waals surface area contributed by atoms with Crippen molar-refractivity contribution in [3.63, 3.8) is 0 Å². The van der Waals surface area contributed by atoms with Gasteiger partial charge in [-0.2, -0.15) is 5.10 Å². The van der Waals surface area contributed by atoms with Crippen LogP contribution < -0.4 is 0 Å². The summed E-state index contributed by atoms with van der Waals surface area (Å²) in [5.41, 5.74) is -0.418. The first-order chi connectivity index (χ1) is 9.68. The summed E-state index contributed by atoms with van der Waals surface area (Å²) in [5, 5.41) is 5.42. The van der Waals surface area contributed by atoms with E-state index in [2.05, 4.69) is 5.10 Å². The fourth-order valence-electron chi connectivity index (χ4n) is 2.02. The van der Waals surface area contributed by atoms with Crippen LogP contribution in [0, 0.1) is 17.0 Å². The van der Waals surface area contributed by atoms with Crippen LogP contribution in [-0.2, 0) is 9.53 Å². The van der Waals surface area contributed by atoms with Gasteiger partial charge in [-0.3, -0.25) is 5.01 Å². The molecular weight excluding hydrogens is 278 g/mol. The van der Waals surface area contributed by atoms with Gasteiger partial charge in [0.25, 0.3) is 0 Å². The van der Waals surface area contributed by atoms with E-state index in [4.69, 9.17) is 4.74 Å². The quantitative estimate of drug-likeness (QED) is 0.487. The van der Waals surface area contributed by atoms with E-state index in [0.29, 0.717) is 0 Å². The molecule has 0 saturated heterocycles. The molecule has 0 aromatic heterocycles. The second-order valence-electron chi connectivity index (χ2n) is 5.75. The molecule has 0 aliphatic rings. The summed E-state index contributed by atoms with van der Waals surface area (Å²) in [6.07, 6.45) is 1.18. The summed E-state index contributed by atoms with van der Waals surface area (Å²) in [6, 6.07) is 3.18. The summed E-state index contributed by atoms with van der Waals surface area (Å²) >= 11 is 0. The lowest BCUT2D eigenvalue weighted by molar-refractivity contribution is -0.150. The molecule has 1 rings (SSSR count). The number of rotatable bonds is 4. The van der Waals surface area contributed by atoms with Crippen molar-refractivity contribution >= 4 is 12.2 Å². The third-order valence-corrected chi connectivity index (χ3v) is 2.98. The van der Waals surface area contributed by atoms with Crippen molar-refractivity contribution < 1.29 is 18.3 Å². The molecule has 1 aromatic carbocycles. The number of esters is 1. The number of hydrogen-bond acceptors (Lipinski definition) is 4. The van der Waals surface area contributed by atoms with Gasteiger partial charge in [-0.15, -0.1) is 0 Å². The Morgan fingerprint density at radius 3 is 2.52 bits per heavy atom. The zero-order valence-corrected chi connectivity index (χ0v) is 12.9. The second-order valence-corrected chi connectivity index (χ2v) is 5.75. The largest absolute Gasteiger partial charge is 0.467 e. The maximum atomic E-state index is 13.5. The van der Waals surface area contributed by atoms with E-state index >= 15 is 0 Å². The van der Waals surface area contributed by atoms with E-state index in [1.807, 2.05) is 20.8 Å². The molecule has 116 valence electrons. The third kappa shape index (κ3) is 4.24. The summed E-state index contributed by atoms with van der Waals surface area (Å²) in [5.74, 6) is -2.36. The SMILES string of the molecule is COC(=O)C(N(C)N=Cc1cccc(F)c1F)C(C)(C)C. The van der Waals surface area contributed by atoms with Crippen LogP contribution in [0.15, 0.2) is 23.3 Å². The topological polar surface area (TPSA) is 41.9 Å². The first-order valence-corrected chi connectivity index (χ1v) is 6.47. The van der Waals surface area contributed by atoms with Crippen molar-refractivity contribution in [3.8, 4) is 0 Å². The van der Waals surface area contributed by atoms with Crippen LogP contribution in [-0.4, -0.2) is 37.4 Å². The molecule has 0 spiro atoms. The van der Waals surface area contributed by atoms with E-state index in [1.165, 1.54) is 30.5 Å². The predicted molar refractivity (Wildman–Crippen MR) is 77.0 cm³/mol. The predicted octanol–water partition coefficient (Wildman–Crippen LogP) is 2.82. The zero-order valence-electron chi connectivity index (χ0n) is 12.9. The molecule has 4 nitrogen and oxygen atoms in total. The molecule has 0 amide bonds. The number of carbonyl (C=O) groups excluding carboxylic acids is 1. The van der Waals surface area contributed by atoms with E-state index in [9.17, 15) is 13.6 Å². The Hall–Kier alpha value is -1.98. The number of hydrazone groups is 1. The molecule has 21 heavy (non-hydrogen) atoms. The maximum absolute atomic E-state index is 13.5.